The molecule has 0 amide bonds. The number of rotatable bonds is 6. The Balaban J connectivity index is 1.28. The van der Waals surface area contributed by atoms with Crippen LogP contribution in [0.2, 0.25) is 0 Å². The lowest BCUT2D eigenvalue weighted by atomic mass is 10.1. The van der Waals surface area contributed by atoms with E-state index < -0.39 is 21.8 Å². The second kappa shape index (κ2) is 9.88. The van der Waals surface area contributed by atoms with Gasteiger partial charge in [0, 0.05) is 55.4 Å². The highest BCUT2D eigenvalue weighted by Crippen LogP contribution is 2.33. The summed E-state index contributed by atoms with van der Waals surface area (Å²) in [5.74, 6) is 0.271. The molecule has 37 heavy (non-hydrogen) atoms. The zero-order chi connectivity index (χ0) is 26.0. The second-order valence-corrected chi connectivity index (χ2v) is 10.2. The monoisotopic (exact) mass is 530 g/mol. The lowest BCUT2D eigenvalue weighted by molar-refractivity contribution is -0.137. The van der Waals surface area contributed by atoms with Crippen LogP contribution in [0, 0.1) is 0 Å². The number of benzene rings is 2. The number of nitrogens with one attached hydrogen (secondary N) is 3. The average molecular weight is 531 g/mol. The smallest absolute Gasteiger partial charge is 0.324 e. The zero-order valence-electron chi connectivity index (χ0n) is 19.2. The average Bonchev–Trinajstić information content (AvgIpc) is 3.38. The maximum Gasteiger partial charge on any atom is 0.416 e. The normalized spacial score (nSPS) is 15.4. The quantitative estimate of drug-likeness (QED) is 0.347. The van der Waals surface area contributed by atoms with E-state index in [4.69, 9.17) is 0 Å². The lowest BCUT2D eigenvalue weighted by Crippen LogP contribution is -2.46. The van der Waals surface area contributed by atoms with Crippen molar-refractivity contribution in [3.05, 3.63) is 65.5 Å². The molecule has 0 bridgehead atoms. The number of nitrogens with zero attached hydrogens (tertiary/aromatic N) is 5. The van der Waals surface area contributed by atoms with Crippen LogP contribution in [0.1, 0.15) is 16.7 Å². The summed E-state index contributed by atoms with van der Waals surface area (Å²) in [5.41, 5.74) is 1.07. The summed E-state index contributed by atoms with van der Waals surface area (Å²) in [6.45, 7) is 2.08. The molecule has 1 saturated heterocycles. The van der Waals surface area contributed by atoms with Crippen molar-refractivity contribution in [1.82, 2.24) is 35.0 Å². The van der Waals surface area contributed by atoms with Gasteiger partial charge in [0.05, 0.1) is 16.0 Å². The van der Waals surface area contributed by atoms with Crippen molar-refractivity contribution in [2.75, 3.05) is 31.5 Å². The number of aromatic nitrogens is 5. The van der Waals surface area contributed by atoms with Gasteiger partial charge in [-0.3, -0.25) is 5.10 Å². The molecule has 2 aromatic heterocycles. The first-order valence-electron chi connectivity index (χ1n) is 11.2. The van der Waals surface area contributed by atoms with E-state index in [1.54, 1.807) is 18.2 Å². The number of fused-ring (bicyclic) bond motifs is 1. The molecule has 0 aliphatic carbocycles. The third-order valence-corrected chi connectivity index (χ3v) is 7.65. The van der Waals surface area contributed by atoms with E-state index in [0.29, 0.717) is 42.9 Å². The molecule has 1 aliphatic rings. The topological polar surface area (TPSA) is 129 Å². The fourth-order valence-corrected chi connectivity index (χ4v) is 5.26. The van der Waals surface area contributed by atoms with Gasteiger partial charge in [0.1, 0.15) is 5.52 Å². The molecule has 0 radical (unpaired) electrons. The summed E-state index contributed by atoms with van der Waals surface area (Å²) < 4.78 is 66.6. The molecule has 10 nitrogen and oxygen atoms in total. The van der Waals surface area contributed by atoms with Crippen LogP contribution >= 0.6 is 0 Å². The minimum Gasteiger partial charge on any atom is -0.324 e. The largest absolute Gasteiger partial charge is 0.416 e. The van der Waals surface area contributed by atoms with Crippen LogP contribution < -0.4 is 10.6 Å². The summed E-state index contributed by atoms with van der Waals surface area (Å²) in [6, 6.07) is 8.27. The van der Waals surface area contributed by atoms with Crippen molar-refractivity contribution in [1.29, 1.82) is 0 Å². The van der Waals surface area contributed by atoms with E-state index in [0.717, 1.165) is 12.1 Å². The minimum absolute atomic E-state index is 0.178. The molecule has 4 aromatic rings. The van der Waals surface area contributed by atoms with E-state index in [2.05, 4.69) is 36.0 Å². The first-order valence-corrected chi connectivity index (χ1v) is 12.6. The first-order chi connectivity index (χ1) is 17.7. The summed E-state index contributed by atoms with van der Waals surface area (Å²) >= 11 is 0. The Bertz CT molecular complexity index is 1530. The number of hydrogen-bond donors (Lipinski definition) is 3. The third kappa shape index (κ3) is 5.45. The van der Waals surface area contributed by atoms with E-state index >= 15 is 0 Å². The molecule has 0 atom stereocenters. The molecular weight excluding hydrogens is 509 g/mol. The Hall–Kier alpha value is -3.88. The minimum atomic E-state index is -4.51. The molecule has 0 unspecified atom stereocenters. The van der Waals surface area contributed by atoms with Crippen LogP contribution in [0.15, 0.2) is 53.7 Å². The number of anilines is 2. The van der Waals surface area contributed by atoms with Crippen LogP contribution in [0.25, 0.3) is 23.2 Å². The van der Waals surface area contributed by atoms with Gasteiger partial charge in [-0.2, -0.15) is 17.5 Å². The summed E-state index contributed by atoms with van der Waals surface area (Å²) in [6.07, 6.45) is 1.56. The number of hydrogen-bond acceptors (Lipinski definition) is 8. The number of aromatic amines is 1. The molecule has 1 aliphatic heterocycles. The first kappa shape index (κ1) is 24.8. The zero-order valence-corrected chi connectivity index (χ0v) is 20.0. The van der Waals surface area contributed by atoms with Crippen molar-refractivity contribution < 1.29 is 21.6 Å². The lowest BCUT2D eigenvalue weighted by Gasteiger charge is -2.26. The summed E-state index contributed by atoms with van der Waals surface area (Å²) in [4.78, 5) is 8.64. The van der Waals surface area contributed by atoms with Gasteiger partial charge in [-0.05, 0) is 36.4 Å². The van der Waals surface area contributed by atoms with E-state index in [1.807, 2.05) is 0 Å². The van der Waals surface area contributed by atoms with Crippen LogP contribution in [0.4, 0.5) is 24.8 Å². The van der Waals surface area contributed by atoms with Gasteiger partial charge in [0.25, 0.3) is 0 Å². The van der Waals surface area contributed by atoms with Crippen LogP contribution in [-0.2, 0) is 16.2 Å². The molecule has 0 saturated carbocycles. The molecule has 3 heterocycles. The Morgan fingerprint density at radius 1 is 1.00 bits per heavy atom. The maximum absolute atomic E-state index is 13.2. The van der Waals surface area contributed by atoms with Gasteiger partial charge in [-0.15, -0.1) is 5.10 Å². The predicted octanol–water partition coefficient (Wildman–Crippen LogP) is 3.27. The molecule has 5 rings (SSSR count). The van der Waals surface area contributed by atoms with Crippen molar-refractivity contribution in [2.45, 2.75) is 11.1 Å². The predicted molar refractivity (Wildman–Crippen MR) is 131 cm³/mol. The van der Waals surface area contributed by atoms with Crippen molar-refractivity contribution in [2.24, 2.45) is 0 Å². The molecule has 0 spiro atoms. The Morgan fingerprint density at radius 3 is 2.38 bits per heavy atom. The highest BCUT2D eigenvalue weighted by atomic mass is 32.2. The maximum atomic E-state index is 13.2. The van der Waals surface area contributed by atoms with E-state index in [1.165, 1.54) is 34.9 Å². The number of alkyl halides is 3. The Kier molecular flexibility index (Phi) is 6.62. The van der Waals surface area contributed by atoms with Crippen molar-refractivity contribution in [3.63, 3.8) is 0 Å². The Labute approximate surface area is 209 Å². The van der Waals surface area contributed by atoms with Gasteiger partial charge in [0.15, 0.2) is 0 Å². The van der Waals surface area contributed by atoms with Crippen molar-refractivity contribution in [3.8, 4) is 0 Å². The molecule has 1 fully saturated rings. The highest BCUT2D eigenvalue weighted by Gasteiger charge is 2.31. The summed E-state index contributed by atoms with van der Waals surface area (Å²) in [7, 11) is -3.55. The summed E-state index contributed by atoms with van der Waals surface area (Å²) in [5, 5.41) is 16.0. The fourth-order valence-electron chi connectivity index (χ4n) is 3.82. The van der Waals surface area contributed by atoms with E-state index in [-0.39, 0.29) is 21.9 Å². The SMILES string of the molecule is O=S(=O)(c1ccc(Nc2ncc(C=Cc3cc(C(F)(F)F)cc4[nH]nnc34)cn2)cc1)N1CCNCC1. The second-order valence-electron chi connectivity index (χ2n) is 8.25. The van der Waals surface area contributed by atoms with Crippen molar-refractivity contribution >= 4 is 44.8 Å². The molecule has 3 N–H and O–H groups in total. The number of H-pyrrole nitrogens is 1. The highest BCUT2D eigenvalue weighted by molar-refractivity contribution is 7.89. The molecule has 2 aromatic carbocycles. The Morgan fingerprint density at radius 2 is 1.70 bits per heavy atom. The van der Waals surface area contributed by atoms with Gasteiger partial charge in [-0.25, -0.2) is 18.4 Å². The molecule has 192 valence electrons. The van der Waals surface area contributed by atoms with Gasteiger partial charge in [0.2, 0.25) is 16.0 Å². The standard InChI is InChI=1S/C23H21F3N8O2S/c24-23(25,26)17-11-16(21-20(12-17)31-33-32-21)2-1-15-13-28-22(29-14-15)30-18-3-5-19(6-4-18)37(35,36)34-9-7-27-8-10-34/h1-6,11-14,27H,7-10H2,(H,28,29,30)(H,31,32,33). The van der Waals surface area contributed by atoms with Gasteiger partial charge >= 0.3 is 6.18 Å². The van der Waals surface area contributed by atoms with Crippen LogP contribution in [0.3, 0.4) is 0 Å². The fraction of sp³-hybridized carbons (Fsp3) is 0.217. The molecular formula is C23H21F3N8O2S. The van der Waals surface area contributed by atoms with Gasteiger partial charge < -0.3 is 10.6 Å². The van der Waals surface area contributed by atoms with Gasteiger partial charge in [-0.1, -0.05) is 17.4 Å². The number of halogens is 3. The van der Waals surface area contributed by atoms with E-state index in [9.17, 15) is 21.6 Å². The third-order valence-electron chi connectivity index (χ3n) is 5.74. The van der Waals surface area contributed by atoms with Crippen LogP contribution in [-0.4, -0.2) is 64.3 Å². The number of piperazine rings is 1. The molecule has 14 heteroatoms. The number of sulfonamides is 1. The van der Waals surface area contributed by atoms with Crippen LogP contribution in [0.5, 0.6) is 0 Å².